The topological polar surface area (TPSA) is 79.5 Å². The first-order chi connectivity index (χ1) is 8.56. The molecule has 2 rings (SSSR count). The second-order valence-electron chi connectivity index (χ2n) is 4.44. The minimum atomic E-state index is -0.979. The zero-order valence-electron chi connectivity index (χ0n) is 10.1. The van der Waals surface area contributed by atoms with E-state index in [4.69, 9.17) is 9.52 Å². The van der Waals surface area contributed by atoms with E-state index in [0.717, 1.165) is 18.6 Å². The average molecular weight is 249 g/mol. The van der Waals surface area contributed by atoms with Gasteiger partial charge < -0.3 is 14.8 Å². The largest absolute Gasteiger partial charge is 0.480 e. The second-order valence-corrected chi connectivity index (χ2v) is 4.44. The zero-order valence-corrected chi connectivity index (χ0v) is 10.1. The Labute approximate surface area is 104 Å². The van der Waals surface area contributed by atoms with Crippen LogP contribution >= 0.6 is 0 Å². The van der Waals surface area contributed by atoms with E-state index in [1.807, 2.05) is 6.92 Å². The lowest BCUT2D eigenvalue weighted by molar-refractivity contribution is -0.141. The Bertz CT molecular complexity index is 485. The minimum absolute atomic E-state index is 0.0747. The van der Waals surface area contributed by atoms with Crippen LogP contribution in [-0.2, 0) is 9.59 Å². The first kappa shape index (κ1) is 12.4. The fraction of sp³-hybridized carbons (Fsp3) is 0.385. The van der Waals surface area contributed by atoms with Gasteiger partial charge in [0.25, 0.3) is 0 Å². The summed E-state index contributed by atoms with van der Waals surface area (Å²) < 4.78 is 5.26. The molecule has 1 aromatic rings. The normalized spacial score (nSPS) is 16.7. The van der Waals surface area contributed by atoms with E-state index in [-0.39, 0.29) is 5.92 Å². The number of aliphatic carboxylic acids is 1. The van der Waals surface area contributed by atoms with Gasteiger partial charge in [-0.3, -0.25) is 4.79 Å². The Morgan fingerprint density at radius 3 is 2.72 bits per heavy atom. The van der Waals surface area contributed by atoms with Crippen molar-refractivity contribution in [1.82, 2.24) is 5.32 Å². The third kappa shape index (κ3) is 3.23. The molecule has 1 unspecified atom stereocenters. The van der Waals surface area contributed by atoms with Gasteiger partial charge in [0.15, 0.2) is 0 Å². The van der Waals surface area contributed by atoms with Crippen LogP contribution in [0.5, 0.6) is 0 Å². The SMILES string of the molecule is Cc1ccc(/C=C/C(=O)NC(C(=O)O)C2CC2)o1. The summed E-state index contributed by atoms with van der Waals surface area (Å²) in [6.07, 6.45) is 4.53. The molecule has 1 heterocycles. The van der Waals surface area contributed by atoms with E-state index in [1.165, 1.54) is 12.2 Å². The van der Waals surface area contributed by atoms with Crippen LogP contribution in [0.25, 0.3) is 6.08 Å². The first-order valence-electron chi connectivity index (χ1n) is 5.84. The summed E-state index contributed by atoms with van der Waals surface area (Å²) in [4.78, 5) is 22.5. The van der Waals surface area contributed by atoms with E-state index in [1.54, 1.807) is 12.1 Å². The van der Waals surface area contributed by atoms with E-state index < -0.39 is 17.9 Å². The lowest BCUT2D eigenvalue weighted by Gasteiger charge is -2.11. The van der Waals surface area contributed by atoms with Gasteiger partial charge in [-0.1, -0.05) is 0 Å². The van der Waals surface area contributed by atoms with Crippen molar-refractivity contribution in [3.63, 3.8) is 0 Å². The number of aryl methyl sites for hydroxylation is 1. The standard InChI is InChI=1S/C13H15NO4/c1-8-2-5-10(18-8)6-7-11(15)14-12(13(16)17)9-3-4-9/h2,5-7,9,12H,3-4H2,1H3,(H,14,15)(H,16,17)/b7-6+. The number of carbonyl (C=O) groups is 2. The van der Waals surface area contributed by atoms with Gasteiger partial charge in [0, 0.05) is 6.08 Å². The number of carboxylic acid groups (broad SMARTS) is 1. The summed E-state index contributed by atoms with van der Waals surface area (Å²) in [5.41, 5.74) is 0. The number of nitrogens with one attached hydrogen (secondary N) is 1. The molecule has 1 atom stereocenters. The number of furan rings is 1. The Morgan fingerprint density at radius 1 is 1.50 bits per heavy atom. The molecule has 18 heavy (non-hydrogen) atoms. The Hall–Kier alpha value is -2.04. The Morgan fingerprint density at radius 2 is 2.22 bits per heavy atom. The van der Waals surface area contributed by atoms with Crippen LogP contribution in [0.2, 0.25) is 0 Å². The van der Waals surface area contributed by atoms with E-state index in [0.29, 0.717) is 5.76 Å². The molecule has 1 aliphatic rings. The van der Waals surface area contributed by atoms with Crippen molar-refractivity contribution in [2.24, 2.45) is 5.92 Å². The molecule has 5 heteroatoms. The molecule has 1 saturated carbocycles. The van der Waals surface area contributed by atoms with Gasteiger partial charge in [-0.25, -0.2) is 4.79 Å². The number of carboxylic acids is 1. The van der Waals surface area contributed by atoms with Crippen LogP contribution in [0.1, 0.15) is 24.4 Å². The third-order valence-corrected chi connectivity index (χ3v) is 2.82. The fourth-order valence-electron chi connectivity index (χ4n) is 1.71. The molecule has 1 aliphatic carbocycles. The van der Waals surface area contributed by atoms with Crippen molar-refractivity contribution in [1.29, 1.82) is 0 Å². The summed E-state index contributed by atoms with van der Waals surface area (Å²) in [5, 5.41) is 11.5. The predicted molar refractivity (Wildman–Crippen MR) is 64.8 cm³/mol. The van der Waals surface area contributed by atoms with E-state index in [9.17, 15) is 9.59 Å². The first-order valence-corrected chi connectivity index (χ1v) is 5.84. The maximum Gasteiger partial charge on any atom is 0.326 e. The number of hydrogen-bond acceptors (Lipinski definition) is 3. The highest BCUT2D eigenvalue weighted by atomic mass is 16.4. The maximum absolute atomic E-state index is 11.6. The molecule has 96 valence electrons. The van der Waals surface area contributed by atoms with Gasteiger partial charge >= 0.3 is 5.97 Å². The molecule has 0 spiro atoms. The predicted octanol–water partition coefficient (Wildman–Crippen LogP) is 1.58. The Balaban J connectivity index is 1.91. The van der Waals surface area contributed by atoms with Crippen molar-refractivity contribution in [3.8, 4) is 0 Å². The highest BCUT2D eigenvalue weighted by Gasteiger charge is 2.36. The quantitative estimate of drug-likeness (QED) is 0.776. The molecular formula is C13H15NO4. The Kier molecular flexibility index (Phi) is 3.50. The molecule has 0 radical (unpaired) electrons. The average Bonchev–Trinajstić information content (AvgIpc) is 3.06. The summed E-state index contributed by atoms with van der Waals surface area (Å²) >= 11 is 0. The van der Waals surface area contributed by atoms with Gasteiger partial charge in [-0.15, -0.1) is 0 Å². The van der Waals surface area contributed by atoms with E-state index in [2.05, 4.69) is 5.32 Å². The molecule has 1 aromatic heterocycles. The van der Waals surface area contributed by atoms with Crippen LogP contribution in [0.3, 0.4) is 0 Å². The van der Waals surface area contributed by atoms with Crippen LogP contribution in [0, 0.1) is 12.8 Å². The van der Waals surface area contributed by atoms with Gasteiger partial charge in [0.2, 0.25) is 5.91 Å². The molecule has 1 amide bonds. The molecular weight excluding hydrogens is 234 g/mol. The van der Waals surface area contributed by atoms with Crippen LogP contribution < -0.4 is 5.32 Å². The van der Waals surface area contributed by atoms with Gasteiger partial charge in [-0.2, -0.15) is 0 Å². The lowest BCUT2D eigenvalue weighted by Crippen LogP contribution is -2.41. The van der Waals surface area contributed by atoms with Crippen LogP contribution in [0.4, 0.5) is 0 Å². The van der Waals surface area contributed by atoms with Crippen LogP contribution in [-0.4, -0.2) is 23.0 Å². The molecule has 0 saturated heterocycles. The van der Waals surface area contributed by atoms with Crippen molar-refractivity contribution >= 4 is 18.0 Å². The van der Waals surface area contributed by atoms with E-state index >= 15 is 0 Å². The van der Waals surface area contributed by atoms with Crippen molar-refractivity contribution in [2.45, 2.75) is 25.8 Å². The maximum atomic E-state index is 11.6. The van der Waals surface area contributed by atoms with Crippen molar-refractivity contribution in [3.05, 3.63) is 29.7 Å². The summed E-state index contributed by atoms with van der Waals surface area (Å²) in [7, 11) is 0. The number of amides is 1. The van der Waals surface area contributed by atoms with Crippen molar-refractivity contribution < 1.29 is 19.1 Å². The molecule has 0 bridgehead atoms. The summed E-state index contributed by atoms with van der Waals surface area (Å²) in [6.45, 7) is 1.81. The number of rotatable bonds is 5. The third-order valence-electron chi connectivity index (χ3n) is 2.82. The molecule has 0 aliphatic heterocycles. The number of carbonyl (C=O) groups excluding carboxylic acids is 1. The van der Waals surface area contributed by atoms with Crippen LogP contribution in [0.15, 0.2) is 22.6 Å². The highest BCUT2D eigenvalue weighted by molar-refractivity contribution is 5.94. The summed E-state index contributed by atoms with van der Waals surface area (Å²) in [5.74, 6) is 0.0135. The van der Waals surface area contributed by atoms with Gasteiger partial charge in [0.05, 0.1) is 0 Å². The smallest absolute Gasteiger partial charge is 0.326 e. The summed E-state index contributed by atoms with van der Waals surface area (Å²) in [6, 6.07) is 2.76. The van der Waals surface area contributed by atoms with Gasteiger partial charge in [0.1, 0.15) is 17.6 Å². The molecule has 2 N–H and O–H groups in total. The zero-order chi connectivity index (χ0) is 13.1. The molecule has 5 nitrogen and oxygen atoms in total. The second kappa shape index (κ2) is 5.08. The monoisotopic (exact) mass is 249 g/mol. The highest BCUT2D eigenvalue weighted by Crippen LogP contribution is 2.32. The van der Waals surface area contributed by atoms with Gasteiger partial charge in [-0.05, 0) is 43.9 Å². The lowest BCUT2D eigenvalue weighted by atomic mass is 10.2. The minimum Gasteiger partial charge on any atom is -0.480 e. The number of hydrogen-bond donors (Lipinski definition) is 2. The molecule has 0 aromatic carbocycles. The molecule has 1 fully saturated rings. The van der Waals surface area contributed by atoms with Crippen molar-refractivity contribution in [2.75, 3.05) is 0 Å². The fourth-order valence-corrected chi connectivity index (χ4v) is 1.71.